The van der Waals surface area contributed by atoms with Crippen molar-refractivity contribution in [1.29, 1.82) is 0 Å². The van der Waals surface area contributed by atoms with Gasteiger partial charge in [0, 0.05) is 42.4 Å². The van der Waals surface area contributed by atoms with Crippen molar-refractivity contribution >= 4 is 5.97 Å². The Morgan fingerprint density at radius 3 is 2.88 bits per heavy atom. The van der Waals surface area contributed by atoms with E-state index in [1.54, 1.807) is 0 Å². The number of carbonyl (C=O) groups is 1. The van der Waals surface area contributed by atoms with Crippen LogP contribution in [0.4, 0.5) is 0 Å². The van der Waals surface area contributed by atoms with Crippen molar-refractivity contribution in [2.75, 3.05) is 7.05 Å². The van der Waals surface area contributed by atoms with Crippen LogP contribution in [0.5, 0.6) is 0 Å². The summed E-state index contributed by atoms with van der Waals surface area (Å²) in [7, 11) is 2.06. The molecule has 0 saturated carbocycles. The van der Waals surface area contributed by atoms with Gasteiger partial charge < -0.3 is 9.63 Å². The molecule has 7 heteroatoms. The summed E-state index contributed by atoms with van der Waals surface area (Å²) in [5.74, 6) is 0.276. The molecule has 1 unspecified atom stereocenters. The molecular weight excluding hydrogens is 320 g/mol. The summed E-state index contributed by atoms with van der Waals surface area (Å²) in [4.78, 5) is 13.8. The van der Waals surface area contributed by atoms with E-state index >= 15 is 0 Å². The van der Waals surface area contributed by atoms with Crippen molar-refractivity contribution in [3.05, 3.63) is 34.5 Å². The highest BCUT2D eigenvalue weighted by Crippen LogP contribution is 2.28. The van der Waals surface area contributed by atoms with E-state index in [0.29, 0.717) is 25.4 Å². The summed E-state index contributed by atoms with van der Waals surface area (Å²) in [5, 5.41) is 17.9. The van der Waals surface area contributed by atoms with Crippen LogP contribution in [0.15, 0.2) is 10.6 Å². The molecule has 136 valence electrons. The van der Waals surface area contributed by atoms with E-state index in [1.165, 1.54) is 0 Å². The van der Waals surface area contributed by atoms with Crippen molar-refractivity contribution in [3.8, 4) is 0 Å². The fourth-order valence-corrected chi connectivity index (χ4v) is 3.54. The van der Waals surface area contributed by atoms with E-state index in [2.05, 4.69) is 36.1 Å². The molecule has 0 amide bonds. The number of rotatable bonds is 6. The lowest BCUT2D eigenvalue weighted by atomic mass is 9.90. The van der Waals surface area contributed by atoms with Crippen LogP contribution in [-0.4, -0.2) is 44.0 Å². The SMILES string of the molecule is CCn1nc(C(=O)O)c2c1CCC(N(C)Cc1cc(C(C)C)on1)C2. The van der Waals surface area contributed by atoms with E-state index < -0.39 is 5.97 Å². The molecule has 2 heterocycles. The van der Waals surface area contributed by atoms with E-state index in [-0.39, 0.29) is 11.7 Å². The fourth-order valence-electron chi connectivity index (χ4n) is 3.54. The topological polar surface area (TPSA) is 84.4 Å². The van der Waals surface area contributed by atoms with Crippen LogP contribution in [-0.2, 0) is 25.9 Å². The average Bonchev–Trinajstić information content (AvgIpc) is 3.18. The van der Waals surface area contributed by atoms with Crippen LogP contribution in [0.3, 0.4) is 0 Å². The van der Waals surface area contributed by atoms with Crippen molar-refractivity contribution in [3.63, 3.8) is 0 Å². The lowest BCUT2D eigenvalue weighted by molar-refractivity contribution is 0.0687. The van der Waals surface area contributed by atoms with Gasteiger partial charge in [-0.25, -0.2) is 4.79 Å². The van der Waals surface area contributed by atoms with Gasteiger partial charge in [-0.1, -0.05) is 19.0 Å². The van der Waals surface area contributed by atoms with Crippen LogP contribution in [0.1, 0.15) is 66.3 Å². The second-order valence-corrected chi connectivity index (χ2v) is 7.08. The normalized spacial score (nSPS) is 17.3. The molecule has 3 rings (SSSR count). The van der Waals surface area contributed by atoms with Gasteiger partial charge in [0.25, 0.3) is 0 Å². The minimum Gasteiger partial charge on any atom is -0.476 e. The highest BCUT2D eigenvalue weighted by Gasteiger charge is 2.30. The van der Waals surface area contributed by atoms with Gasteiger partial charge in [-0.2, -0.15) is 5.10 Å². The number of aryl methyl sites for hydroxylation is 1. The quantitative estimate of drug-likeness (QED) is 0.866. The second-order valence-electron chi connectivity index (χ2n) is 7.08. The summed E-state index contributed by atoms with van der Waals surface area (Å²) >= 11 is 0. The lowest BCUT2D eigenvalue weighted by Crippen LogP contribution is -2.36. The lowest BCUT2D eigenvalue weighted by Gasteiger charge is -2.31. The number of hydrogen-bond donors (Lipinski definition) is 1. The maximum atomic E-state index is 11.5. The highest BCUT2D eigenvalue weighted by molar-refractivity contribution is 5.87. The maximum Gasteiger partial charge on any atom is 0.356 e. The Morgan fingerprint density at radius 2 is 2.28 bits per heavy atom. The van der Waals surface area contributed by atoms with Gasteiger partial charge in [-0.05, 0) is 33.2 Å². The molecule has 2 aromatic heterocycles. The third-order valence-electron chi connectivity index (χ3n) is 5.00. The number of aromatic carboxylic acids is 1. The van der Waals surface area contributed by atoms with Gasteiger partial charge >= 0.3 is 5.97 Å². The molecule has 0 fully saturated rings. The molecule has 0 spiro atoms. The standard InChI is InChI=1S/C18H26N4O3/c1-5-22-15-7-6-13(9-14(15)17(19-22)18(23)24)21(4)10-12-8-16(11(2)3)25-20-12/h8,11,13H,5-7,9-10H2,1-4H3,(H,23,24). The third kappa shape index (κ3) is 3.46. The number of carboxylic acid groups (broad SMARTS) is 1. The Morgan fingerprint density at radius 1 is 1.52 bits per heavy atom. The molecule has 1 aliphatic carbocycles. The summed E-state index contributed by atoms with van der Waals surface area (Å²) in [5.41, 5.74) is 3.09. The molecule has 0 saturated heterocycles. The summed E-state index contributed by atoms with van der Waals surface area (Å²) in [6, 6.07) is 2.28. The number of aromatic nitrogens is 3. The molecular formula is C18H26N4O3. The average molecular weight is 346 g/mol. The van der Waals surface area contributed by atoms with Crippen LogP contribution in [0.2, 0.25) is 0 Å². The molecule has 2 aromatic rings. The van der Waals surface area contributed by atoms with Gasteiger partial charge in [0.2, 0.25) is 0 Å². The Balaban J connectivity index is 1.75. The van der Waals surface area contributed by atoms with E-state index in [9.17, 15) is 9.90 Å². The first-order valence-electron chi connectivity index (χ1n) is 8.88. The van der Waals surface area contributed by atoms with Crippen molar-refractivity contribution < 1.29 is 14.4 Å². The number of carboxylic acids is 1. The van der Waals surface area contributed by atoms with Crippen molar-refractivity contribution in [2.24, 2.45) is 0 Å². The molecule has 1 N–H and O–H groups in total. The Bertz CT molecular complexity index is 762. The summed E-state index contributed by atoms with van der Waals surface area (Å²) < 4.78 is 7.21. The fraction of sp³-hybridized carbons (Fsp3) is 0.611. The first-order valence-corrected chi connectivity index (χ1v) is 8.88. The van der Waals surface area contributed by atoms with E-state index in [1.807, 2.05) is 17.7 Å². The van der Waals surface area contributed by atoms with Crippen molar-refractivity contribution in [2.45, 2.75) is 65.1 Å². The first kappa shape index (κ1) is 17.7. The molecule has 0 aromatic carbocycles. The minimum absolute atomic E-state index is 0.207. The molecule has 1 aliphatic rings. The van der Waals surface area contributed by atoms with Gasteiger partial charge in [-0.3, -0.25) is 9.58 Å². The zero-order chi connectivity index (χ0) is 18.1. The largest absolute Gasteiger partial charge is 0.476 e. The smallest absolute Gasteiger partial charge is 0.356 e. The first-order chi connectivity index (χ1) is 11.9. The molecule has 0 bridgehead atoms. The molecule has 0 radical (unpaired) electrons. The van der Waals surface area contributed by atoms with Gasteiger partial charge in [-0.15, -0.1) is 0 Å². The zero-order valence-corrected chi connectivity index (χ0v) is 15.3. The van der Waals surface area contributed by atoms with E-state index in [4.69, 9.17) is 4.52 Å². The third-order valence-corrected chi connectivity index (χ3v) is 5.00. The number of fused-ring (bicyclic) bond motifs is 1. The van der Waals surface area contributed by atoms with Crippen LogP contribution < -0.4 is 0 Å². The van der Waals surface area contributed by atoms with Gasteiger partial charge in [0.15, 0.2) is 5.69 Å². The molecule has 1 atom stereocenters. The Hall–Kier alpha value is -2.15. The second kappa shape index (κ2) is 7.00. The molecule has 0 aliphatic heterocycles. The Kier molecular flexibility index (Phi) is 4.94. The summed E-state index contributed by atoms with van der Waals surface area (Å²) in [6.07, 6.45) is 2.56. The Labute approximate surface area is 147 Å². The minimum atomic E-state index is -0.940. The number of likely N-dealkylation sites (N-methyl/N-ethyl adjacent to an activating group) is 1. The van der Waals surface area contributed by atoms with Crippen LogP contribution >= 0.6 is 0 Å². The van der Waals surface area contributed by atoms with Crippen LogP contribution in [0.25, 0.3) is 0 Å². The molecule has 7 nitrogen and oxygen atoms in total. The maximum absolute atomic E-state index is 11.5. The van der Waals surface area contributed by atoms with Crippen molar-refractivity contribution in [1.82, 2.24) is 19.8 Å². The number of nitrogens with zero attached hydrogens (tertiary/aromatic N) is 4. The van der Waals surface area contributed by atoms with E-state index in [0.717, 1.165) is 35.6 Å². The van der Waals surface area contributed by atoms with Crippen LogP contribution in [0, 0.1) is 0 Å². The van der Waals surface area contributed by atoms with Gasteiger partial charge in [0.1, 0.15) is 5.76 Å². The zero-order valence-electron chi connectivity index (χ0n) is 15.3. The number of hydrogen-bond acceptors (Lipinski definition) is 5. The summed E-state index contributed by atoms with van der Waals surface area (Å²) in [6.45, 7) is 7.55. The monoisotopic (exact) mass is 346 g/mol. The molecule has 25 heavy (non-hydrogen) atoms. The predicted molar refractivity (Wildman–Crippen MR) is 92.7 cm³/mol. The van der Waals surface area contributed by atoms with Gasteiger partial charge in [0.05, 0.1) is 5.69 Å². The predicted octanol–water partition coefficient (Wildman–Crippen LogP) is 2.70. The highest BCUT2D eigenvalue weighted by atomic mass is 16.5.